The number of likely N-dealkylation sites (tertiary alicyclic amines) is 1. The molecule has 120 valence electrons. The summed E-state index contributed by atoms with van der Waals surface area (Å²) in [6, 6.07) is -0.472. The first kappa shape index (κ1) is 16.1. The molecule has 1 N–H and O–H groups in total. The van der Waals surface area contributed by atoms with Gasteiger partial charge in [0.2, 0.25) is 5.91 Å². The molecule has 0 aliphatic carbocycles. The molecule has 0 saturated carbocycles. The standard InChI is InChI=1S/C13H23N3O4S/c1-15(11-5-9-21(19,20)10-11)13(18)14-6-3-8-16-7-2-4-12(16)17/h11H,2-10H2,1H3,(H,14,18). The number of hydrogen-bond acceptors (Lipinski definition) is 4. The minimum Gasteiger partial charge on any atom is -0.343 e. The van der Waals surface area contributed by atoms with Crippen LogP contribution in [0.5, 0.6) is 0 Å². The molecule has 1 atom stereocenters. The quantitative estimate of drug-likeness (QED) is 0.713. The molecule has 2 saturated heterocycles. The normalized spacial score (nSPS) is 24.3. The molecule has 1 unspecified atom stereocenters. The van der Waals surface area contributed by atoms with Gasteiger partial charge >= 0.3 is 6.03 Å². The SMILES string of the molecule is CN(C(=O)NCCCN1CCCC1=O)C1CCS(=O)(=O)C1. The van der Waals surface area contributed by atoms with Crippen molar-refractivity contribution < 1.29 is 18.0 Å². The second-order valence-corrected chi connectivity index (χ2v) is 7.97. The van der Waals surface area contributed by atoms with E-state index in [2.05, 4.69) is 5.32 Å². The first-order valence-electron chi connectivity index (χ1n) is 7.38. The van der Waals surface area contributed by atoms with E-state index in [1.807, 2.05) is 4.90 Å². The van der Waals surface area contributed by atoms with Gasteiger partial charge in [0.05, 0.1) is 11.5 Å². The van der Waals surface area contributed by atoms with Crippen molar-refractivity contribution in [2.24, 2.45) is 0 Å². The number of nitrogens with zero attached hydrogens (tertiary/aromatic N) is 2. The molecular weight excluding hydrogens is 294 g/mol. The number of nitrogens with one attached hydrogen (secondary N) is 1. The smallest absolute Gasteiger partial charge is 0.317 e. The van der Waals surface area contributed by atoms with Gasteiger partial charge in [0, 0.05) is 39.1 Å². The van der Waals surface area contributed by atoms with Crippen molar-refractivity contribution in [3.63, 3.8) is 0 Å². The van der Waals surface area contributed by atoms with E-state index in [1.54, 1.807) is 7.05 Å². The molecule has 2 heterocycles. The van der Waals surface area contributed by atoms with E-state index in [9.17, 15) is 18.0 Å². The van der Waals surface area contributed by atoms with Crippen LogP contribution in [0.3, 0.4) is 0 Å². The number of rotatable bonds is 5. The molecule has 0 aromatic carbocycles. The summed E-state index contributed by atoms with van der Waals surface area (Å²) in [5.41, 5.74) is 0. The van der Waals surface area contributed by atoms with E-state index in [-0.39, 0.29) is 29.5 Å². The first-order valence-corrected chi connectivity index (χ1v) is 9.20. The molecule has 2 aliphatic heterocycles. The number of amides is 3. The van der Waals surface area contributed by atoms with Crippen molar-refractivity contribution in [3.05, 3.63) is 0 Å². The topological polar surface area (TPSA) is 86.8 Å². The third-order valence-corrected chi connectivity index (χ3v) is 5.88. The fourth-order valence-electron chi connectivity index (χ4n) is 2.78. The Morgan fingerprint density at radius 3 is 2.81 bits per heavy atom. The largest absolute Gasteiger partial charge is 0.343 e. The molecule has 2 aliphatic rings. The molecule has 0 bridgehead atoms. The van der Waals surface area contributed by atoms with Crippen LogP contribution in [0.4, 0.5) is 4.79 Å². The zero-order valence-electron chi connectivity index (χ0n) is 12.4. The number of hydrogen-bond donors (Lipinski definition) is 1. The highest BCUT2D eigenvalue weighted by molar-refractivity contribution is 7.91. The summed E-state index contributed by atoms with van der Waals surface area (Å²) in [6.45, 7) is 1.97. The van der Waals surface area contributed by atoms with Gasteiger partial charge in [-0.1, -0.05) is 0 Å². The molecule has 8 heteroatoms. The fraction of sp³-hybridized carbons (Fsp3) is 0.846. The highest BCUT2D eigenvalue weighted by Crippen LogP contribution is 2.16. The maximum Gasteiger partial charge on any atom is 0.317 e. The van der Waals surface area contributed by atoms with E-state index < -0.39 is 9.84 Å². The van der Waals surface area contributed by atoms with Gasteiger partial charge in [-0.3, -0.25) is 4.79 Å². The Morgan fingerprint density at radius 1 is 1.48 bits per heavy atom. The number of carbonyl (C=O) groups excluding carboxylic acids is 2. The molecule has 0 radical (unpaired) electrons. The molecule has 7 nitrogen and oxygen atoms in total. The highest BCUT2D eigenvalue weighted by atomic mass is 32.2. The molecular formula is C13H23N3O4S. The second-order valence-electron chi connectivity index (χ2n) is 5.74. The Balaban J connectivity index is 1.66. The van der Waals surface area contributed by atoms with Gasteiger partial charge in [-0.05, 0) is 19.3 Å². The number of sulfone groups is 1. The maximum atomic E-state index is 11.9. The molecule has 2 rings (SSSR count). The molecule has 3 amide bonds. The van der Waals surface area contributed by atoms with Gasteiger partial charge in [0.15, 0.2) is 9.84 Å². The summed E-state index contributed by atoms with van der Waals surface area (Å²) in [5, 5.41) is 2.78. The number of urea groups is 1. The third kappa shape index (κ3) is 4.33. The minimum absolute atomic E-state index is 0.0548. The van der Waals surface area contributed by atoms with Crippen molar-refractivity contribution >= 4 is 21.8 Å². The first-order chi connectivity index (χ1) is 9.89. The maximum absolute atomic E-state index is 11.9. The minimum atomic E-state index is -2.98. The zero-order chi connectivity index (χ0) is 15.5. The van der Waals surface area contributed by atoms with Gasteiger partial charge in [-0.15, -0.1) is 0 Å². The lowest BCUT2D eigenvalue weighted by atomic mass is 10.2. The van der Waals surface area contributed by atoms with Crippen LogP contribution in [0.2, 0.25) is 0 Å². The van der Waals surface area contributed by atoms with Crippen LogP contribution in [0.25, 0.3) is 0 Å². The monoisotopic (exact) mass is 317 g/mol. The Hall–Kier alpha value is -1.31. The highest BCUT2D eigenvalue weighted by Gasteiger charge is 2.32. The van der Waals surface area contributed by atoms with Crippen molar-refractivity contribution in [1.82, 2.24) is 15.1 Å². The average Bonchev–Trinajstić information content (AvgIpc) is 2.99. The summed E-state index contributed by atoms with van der Waals surface area (Å²) >= 11 is 0. The van der Waals surface area contributed by atoms with Crippen LogP contribution in [0, 0.1) is 0 Å². The summed E-state index contributed by atoms with van der Waals surface area (Å²) in [7, 11) is -1.35. The van der Waals surface area contributed by atoms with E-state index in [4.69, 9.17) is 0 Å². The molecule has 0 aromatic rings. The summed E-state index contributed by atoms with van der Waals surface area (Å²) in [6.07, 6.45) is 2.78. The molecule has 2 fully saturated rings. The van der Waals surface area contributed by atoms with E-state index in [0.29, 0.717) is 32.4 Å². The molecule has 21 heavy (non-hydrogen) atoms. The van der Waals surface area contributed by atoms with Crippen LogP contribution < -0.4 is 5.32 Å². The van der Waals surface area contributed by atoms with Gasteiger partial charge in [-0.2, -0.15) is 0 Å². The lowest BCUT2D eigenvalue weighted by Crippen LogP contribution is -2.44. The summed E-state index contributed by atoms with van der Waals surface area (Å²) in [4.78, 5) is 26.7. The lowest BCUT2D eigenvalue weighted by Gasteiger charge is -2.24. The van der Waals surface area contributed by atoms with Gasteiger partial charge in [0.1, 0.15) is 0 Å². The van der Waals surface area contributed by atoms with E-state index in [1.165, 1.54) is 4.90 Å². The van der Waals surface area contributed by atoms with Crippen LogP contribution in [0.1, 0.15) is 25.7 Å². The third-order valence-electron chi connectivity index (χ3n) is 4.13. The average molecular weight is 317 g/mol. The fourth-order valence-corrected chi connectivity index (χ4v) is 4.55. The zero-order valence-corrected chi connectivity index (χ0v) is 13.2. The van der Waals surface area contributed by atoms with Crippen LogP contribution >= 0.6 is 0 Å². The lowest BCUT2D eigenvalue weighted by molar-refractivity contribution is -0.127. The predicted octanol–water partition coefficient (Wildman–Crippen LogP) is -0.173. The Morgan fingerprint density at radius 2 is 2.24 bits per heavy atom. The number of carbonyl (C=O) groups is 2. The van der Waals surface area contributed by atoms with Crippen molar-refractivity contribution in [2.75, 3.05) is 38.2 Å². The van der Waals surface area contributed by atoms with Crippen LogP contribution in [-0.4, -0.2) is 74.4 Å². The summed E-state index contributed by atoms with van der Waals surface area (Å²) < 4.78 is 22.8. The Labute approximate surface area is 125 Å². The van der Waals surface area contributed by atoms with Crippen molar-refractivity contribution in [1.29, 1.82) is 0 Å². The van der Waals surface area contributed by atoms with Gasteiger partial charge in [-0.25, -0.2) is 13.2 Å². The molecule has 0 spiro atoms. The van der Waals surface area contributed by atoms with E-state index in [0.717, 1.165) is 13.0 Å². The van der Waals surface area contributed by atoms with Crippen LogP contribution in [-0.2, 0) is 14.6 Å². The van der Waals surface area contributed by atoms with Crippen molar-refractivity contribution in [3.8, 4) is 0 Å². The molecule has 0 aromatic heterocycles. The van der Waals surface area contributed by atoms with Crippen LogP contribution in [0.15, 0.2) is 0 Å². The summed E-state index contributed by atoms with van der Waals surface area (Å²) in [5.74, 6) is 0.403. The van der Waals surface area contributed by atoms with Gasteiger partial charge in [0.25, 0.3) is 0 Å². The van der Waals surface area contributed by atoms with Gasteiger partial charge < -0.3 is 15.1 Å². The second kappa shape index (κ2) is 6.64. The van der Waals surface area contributed by atoms with Crippen molar-refractivity contribution in [2.45, 2.75) is 31.7 Å². The predicted molar refractivity (Wildman–Crippen MR) is 78.7 cm³/mol. The Kier molecular flexibility index (Phi) is 5.08. The van der Waals surface area contributed by atoms with E-state index >= 15 is 0 Å². The Bertz CT molecular complexity index is 506.